The van der Waals surface area contributed by atoms with Crippen molar-refractivity contribution >= 4 is 28.9 Å². The Morgan fingerprint density at radius 1 is 1.29 bits per heavy atom. The Kier molecular flexibility index (Phi) is 4.39. The van der Waals surface area contributed by atoms with Crippen LogP contribution in [0.5, 0.6) is 0 Å². The minimum absolute atomic E-state index is 0.153. The van der Waals surface area contributed by atoms with E-state index in [-0.39, 0.29) is 11.3 Å². The molecule has 2 aromatic rings. The molecule has 108 valence electrons. The number of carbonyl (C=O) groups is 1. The minimum atomic E-state index is -1.34. The number of aromatic carboxylic acids is 1. The van der Waals surface area contributed by atoms with Crippen molar-refractivity contribution in [2.75, 3.05) is 5.32 Å². The van der Waals surface area contributed by atoms with Crippen LogP contribution in [0.4, 0.5) is 11.4 Å². The van der Waals surface area contributed by atoms with Crippen molar-refractivity contribution in [3.63, 3.8) is 0 Å². The van der Waals surface area contributed by atoms with Gasteiger partial charge in [-0.05, 0) is 29.8 Å². The first-order chi connectivity index (χ1) is 9.99. The highest BCUT2D eigenvalue weighted by atomic mass is 35.5. The van der Waals surface area contributed by atoms with Gasteiger partial charge in [-0.25, -0.2) is 4.79 Å². The van der Waals surface area contributed by atoms with E-state index in [2.05, 4.69) is 5.32 Å². The molecule has 21 heavy (non-hydrogen) atoms. The van der Waals surface area contributed by atoms with E-state index in [4.69, 9.17) is 16.7 Å². The van der Waals surface area contributed by atoms with E-state index in [1.807, 2.05) is 6.07 Å². The number of para-hydroxylation sites is 1. The molecule has 2 aromatic carbocycles. The molecule has 0 amide bonds. The van der Waals surface area contributed by atoms with Crippen LogP contribution in [-0.2, 0) is 6.54 Å². The Bertz CT molecular complexity index is 703. The van der Waals surface area contributed by atoms with E-state index in [0.717, 1.165) is 5.56 Å². The van der Waals surface area contributed by atoms with Crippen molar-refractivity contribution in [1.82, 2.24) is 0 Å². The maximum Gasteiger partial charge on any atom is 0.342 e. The van der Waals surface area contributed by atoms with Gasteiger partial charge >= 0.3 is 11.7 Å². The Hall–Kier alpha value is -2.60. The van der Waals surface area contributed by atoms with E-state index < -0.39 is 16.6 Å². The second kappa shape index (κ2) is 6.23. The molecule has 0 aliphatic carbocycles. The largest absolute Gasteiger partial charge is 0.477 e. The van der Waals surface area contributed by atoms with Gasteiger partial charge in [-0.1, -0.05) is 29.8 Å². The van der Waals surface area contributed by atoms with Crippen LogP contribution in [0.2, 0.25) is 5.02 Å². The number of carboxylic acids is 1. The SMILES string of the molecule is O=C(O)c1cccc(NCc2cccc(Cl)c2)c1[N+](=O)[O-]. The Balaban J connectivity index is 2.30. The lowest BCUT2D eigenvalue weighted by molar-refractivity contribution is -0.384. The quantitative estimate of drug-likeness (QED) is 0.651. The molecule has 0 aliphatic heterocycles. The van der Waals surface area contributed by atoms with Crippen molar-refractivity contribution in [2.45, 2.75) is 6.54 Å². The molecule has 6 nitrogen and oxygen atoms in total. The molecule has 7 heteroatoms. The molecule has 0 spiro atoms. The van der Waals surface area contributed by atoms with Crippen LogP contribution in [0.3, 0.4) is 0 Å². The molecule has 0 saturated carbocycles. The standard InChI is InChI=1S/C14H11ClN2O4/c15-10-4-1-3-9(7-10)8-16-12-6-2-5-11(14(18)19)13(12)17(20)21/h1-7,16H,8H2,(H,18,19). The summed E-state index contributed by atoms with van der Waals surface area (Å²) in [5, 5.41) is 23.5. The fourth-order valence-corrected chi connectivity index (χ4v) is 2.11. The lowest BCUT2D eigenvalue weighted by Crippen LogP contribution is -2.07. The highest BCUT2D eigenvalue weighted by Gasteiger charge is 2.23. The lowest BCUT2D eigenvalue weighted by Gasteiger charge is -2.09. The summed E-state index contributed by atoms with van der Waals surface area (Å²) >= 11 is 5.86. The summed E-state index contributed by atoms with van der Waals surface area (Å²) in [5.74, 6) is -1.34. The summed E-state index contributed by atoms with van der Waals surface area (Å²) in [6.07, 6.45) is 0. The predicted octanol–water partition coefficient (Wildman–Crippen LogP) is 3.56. The summed E-state index contributed by atoms with van der Waals surface area (Å²) in [4.78, 5) is 21.4. The van der Waals surface area contributed by atoms with Gasteiger partial charge in [-0.2, -0.15) is 0 Å². The first kappa shape index (κ1) is 14.8. The molecule has 0 unspecified atom stereocenters. The first-order valence-electron chi connectivity index (χ1n) is 5.98. The molecule has 2 rings (SSSR count). The van der Waals surface area contributed by atoms with Crippen molar-refractivity contribution < 1.29 is 14.8 Å². The fraction of sp³-hybridized carbons (Fsp3) is 0.0714. The highest BCUT2D eigenvalue weighted by Crippen LogP contribution is 2.29. The zero-order chi connectivity index (χ0) is 15.4. The van der Waals surface area contributed by atoms with Crippen LogP contribution >= 0.6 is 11.6 Å². The van der Waals surface area contributed by atoms with E-state index in [1.165, 1.54) is 18.2 Å². The first-order valence-corrected chi connectivity index (χ1v) is 6.36. The number of carboxylic acid groups (broad SMARTS) is 1. The van der Waals surface area contributed by atoms with Gasteiger partial charge in [0.05, 0.1) is 4.92 Å². The number of nitro groups is 1. The fourth-order valence-electron chi connectivity index (χ4n) is 1.90. The topological polar surface area (TPSA) is 92.5 Å². The summed E-state index contributed by atoms with van der Waals surface area (Å²) in [6, 6.07) is 11.1. The molecule has 0 radical (unpaired) electrons. The second-order valence-electron chi connectivity index (χ2n) is 4.25. The molecule has 0 fully saturated rings. The Labute approximate surface area is 125 Å². The summed E-state index contributed by atoms with van der Waals surface area (Å²) in [5.41, 5.74) is 0.181. The predicted molar refractivity (Wildman–Crippen MR) is 78.8 cm³/mol. The average Bonchev–Trinajstić information content (AvgIpc) is 2.44. The molecule has 0 heterocycles. The number of anilines is 1. The normalized spacial score (nSPS) is 10.1. The smallest absolute Gasteiger partial charge is 0.342 e. The maximum absolute atomic E-state index is 11.1. The maximum atomic E-state index is 11.1. The van der Waals surface area contributed by atoms with Crippen LogP contribution in [0.1, 0.15) is 15.9 Å². The van der Waals surface area contributed by atoms with Gasteiger partial charge in [0.2, 0.25) is 0 Å². The molecular formula is C14H11ClN2O4. The highest BCUT2D eigenvalue weighted by molar-refractivity contribution is 6.30. The average molecular weight is 307 g/mol. The van der Waals surface area contributed by atoms with Gasteiger partial charge in [0.1, 0.15) is 11.3 Å². The molecule has 0 aliphatic rings. The van der Waals surface area contributed by atoms with Crippen LogP contribution in [0.15, 0.2) is 42.5 Å². The third-order valence-corrected chi connectivity index (χ3v) is 3.06. The van der Waals surface area contributed by atoms with Crippen molar-refractivity contribution in [1.29, 1.82) is 0 Å². The number of nitrogens with one attached hydrogen (secondary N) is 1. The van der Waals surface area contributed by atoms with Gasteiger partial charge in [0.25, 0.3) is 0 Å². The zero-order valence-electron chi connectivity index (χ0n) is 10.7. The van der Waals surface area contributed by atoms with Crippen molar-refractivity contribution in [3.8, 4) is 0 Å². The molecule has 0 bridgehead atoms. The van der Waals surface area contributed by atoms with Gasteiger partial charge in [0, 0.05) is 11.6 Å². The van der Waals surface area contributed by atoms with Gasteiger partial charge in [-0.3, -0.25) is 10.1 Å². The zero-order valence-corrected chi connectivity index (χ0v) is 11.5. The number of nitrogens with zero attached hydrogens (tertiary/aromatic N) is 1. The minimum Gasteiger partial charge on any atom is -0.477 e. The van der Waals surface area contributed by atoms with Crippen LogP contribution in [-0.4, -0.2) is 16.0 Å². The van der Waals surface area contributed by atoms with Gasteiger partial charge in [0.15, 0.2) is 0 Å². The third-order valence-electron chi connectivity index (χ3n) is 2.82. The third kappa shape index (κ3) is 3.49. The number of rotatable bonds is 5. The van der Waals surface area contributed by atoms with Crippen LogP contribution < -0.4 is 5.32 Å². The number of hydrogen-bond acceptors (Lipinski definition) is 4. The summed E-state index contributed by atoms with van der Waals surface area (Å²) < 4.78 is 0. The van der Waals surface area contributed by atoms with Gasteiger partial charge < -0.3 is 10.4 Å². The number of benzene rings is 2. The van der Waals surface area contributed by atoms with E-state index in [1.54, 1.807) is 18.2 Å². The van der Waals surface area contributed by atoms with Gasteiger partial charge in [-0.15, -0.1) is 0 Å². The van der Waals surface area contributed by atoms with E-state index in [0.29, 0.717) is 11.6 Å². The van der Waals surface area contributed by atoms with Crippen molar-refractivity contribution in [3.05, 3.63) is 68.7 Å². The monoisotopic (exact) mass is 306 g/mol. The summed E-state index contributed by atoms with van der Waals surface area (Å²) in [6.45, 7) is 0.296. The molecule has 2 N–H and O–H groups in total. The van der Waals surface area contributed by atoms with Crippen LogP contribution in [0.25, 0.3) is 0 Å². The van der Waals surface area contributed by atoms with Crippen molar-refractivity contribution in [2.24, 2.45) is 0 Å². The van der Waals surface area contributed by atoms with E-state index in [9.17, 15) is 14.9 Å². The second-order valence-corrected chi connectivity index (χ2v) is 4.68. The Morgan fingerprint density at radius 2 is 2.00 bits per heavy atom. The number of nitro benzene ring substituents is 1. The number of hydrogen-bond donors (Lipinski definition) is 2. The molecule has 0 saturated heterocycles. The molecular weight excluding hydrogens is 296 g/mol. The van der Waals surface area contributed by atoms with E-state index >= 15 is 0 Å². The summed E-state index contributed by atoms with van der Waals surface area (Å²) in [7, 11) is 0. The molecule has 0 atom stereocenters. The Morgan fingerprint density at radius 3 is 2.62 bits per heavy atom. The number of halogens is 1. The lowest BCUT2D eigenvalue weighted by atomic mass is 10.1. The molecule has 0 aromatic heterocycles. The van der Waals surface area contributed by atoms with Crippen LogP contribution in [0, 0.1) is 10.1 Å².